The zero-order valence-electron chi connectivity index (χ0n) is 10.4. The van der Waals surface area contributed by atoms with Crippen LogP contribution < -0.4 is 5.32 Å². The molecule has 1 rings (SSSR count). The topological polar surface area (TPSA) is 46.2 Å². The van der Waals surface area contributed by atoms with E-state index in [1.807, 2.05) is 25.2 Å². The summed E-state index contributed by atoms with van der Waals surface area (Å²) in [6.07, 6.45) is 2.67. The summed E-state index contributed by atoms with van der Waals surface area (Å²) in [7, 11) is -1.02. The van der Waals surface area contributed by atoms with Gasteiger partial charge in [-0.05, 0) is 37.6 Å². The zero-order chi connectivity index (χ0) is 13.8. The third kappa shape index (κ3) is 5.26. The van der Waals surface area contributed by atoms with Crippen LogP contribution in [0, 0.1) is 0 Å². The van der Waals surface area contributed by atoms with Crippen LogP contribution in [0.25, 0.3) is 0 Å². The van der Waals surface area contributed by atoms with E-state index in [0.717, 1.165) is 16.5 Å². The van der Waals surface area contributed by atoms with E-state index in [0.29, 0.717) is 11.4 Å². The maximum absolute atomic E-state index is 11.1. The van der Waals surface area contributed by atoms with Crippen molar-refractivity contribution >= 4 is 37.4 Å². The van der Waals surface area contributed by atoms with Crippen molar-refractivity contribution in [2.75, 3.05) is 19.1 Å². The lowest BCUT2D eigenvalue weighted by Crippen LogP contribution is -2.18. The molecule has 18 heavy (non-hydrogen) atoms. The standard InChI is InChI=1S/C12H17BrClNO2S/c1-15-12(4-3-7-18(2,16)17)10-6-5-9(14)8-11(10)13/h5-6,8,12,15H,3-4,7H2,1-2H3. The summed E-state index contributed by atoms with van der Waals surface area (Å²) in [5.41, 5.74) is 1.09. The average molecular weight is 355 g/mol. The summed E-state index contributed by atoms with van der Waals surface area (Å²) in [4.78, 5) is 0. The molecule has 6 heteroatoms. The van der Waals surface area contributed by atoms with E-state index < -0.39 is 9.84 Å². The van der Waals surface area contributed by atoms with Crippen LogP contribution >= 0.6 is 27.5 Å². The molecule has 0 bridgehead atoms. The number of benzene rings is 1. The molecule has 1 aromatic carbocycles. The Morgan fingerprint density at radius 3 is 2.61 bits per heavy atom. The van der Waals surface area contributed by atoms with E-state index in [9.17, 15) is 8.42 Å². The van der Waals surface area contributed by atoms with Crippen LogP contribution in [0.5, 0.6) is 0 Å². The van der Waals surface area contributed by atoms with Gasteiger partial charge >= 0.3 is 0 Å². The fourth-order valence-electron chi connectivity index (χ4n) is 1.79. The molecule has 1 atom stereocenters. The van der Waals surface area contributed by atoms with Crippen LogP contribution in [0.3, 0.4) is 0 Å². The predicted octanol–water partition coefficient (Wildman–Crippen LogP) is 3.19. The molecular formula is C12H17BrClNO2S. The quantitative estimate of drug-likeness (QED) is 0.853. The molecule has 0 amide bonds. The van der Waals surface area contributed by atoms with Crippen LogP contribution in [0.2, 0.25) is 5.02 Å². The Bertz CT molecular complexity index is 505. The van der Waals surface area contributed by atoms with Gasteiger partial charge in [0, 0.05) is 27.5 Å². The summed E-state index contributed by atoms with van der Waals surface area (Å²) in [5.74, 6) is 0.219. The predicted molar refractivity (Wildman–Crippen MR) is 79.9 cm³/mol. The van der Waals surface area contributed by atoms with Crippen LogP contribution in [0.15, 0.2) is 22.7 Å². The second kappa shape index (κ2) is 6.89. The van der Waals surface area contributed by atoms with Crippen molar-refractivity contribution in [1.82, 2.24) is 5.32 Å². The molecule has 0 radical (unpaired) electrons. The molecule has 0 aliphatic rings. The highest BCUT2D eigenvalue weighted by Gasteiger charge is 2.13. The fourth-order valence-corrected chi connectivity index (χ4v) is 3.44. The third-order valence-corrected chi connectivity index (χ3v) is 4.65. The summed E-state index contributed by atoms with van der Waals surface area (Å²) in [5, 5.41) is 3.87. The number of sulfone groups is 1. The van der Waals surface area contributed by atoms with E-state index in [-0.39, 0.29) is 11.8 Å². The lowest BCUT2D eigenvalue weighted by molar-refractivity contribution is 0.534. The summed E-state index contributed by atoms with van der Waals surface area (Å²) < 4.78 is 23.1. The van der Waals surface area contributed by atoms with Gasteiger partial charge in [-0.1, -0.05) is 33.6 Å². The highest BCUT2D eigenvalue weighted by atomic mass is 79.9. The van der Waals surface area contributed by atoms with Crippen molar-refractivity contribution in [3.8, 4) is 0 Å². The monoisotopic (exact) mass is 353 g/mol. The average Bonchev–Trinajstić information content (AvgIpc) is 2.24. The van der Waals surface area contributed by atoms with E-state index in [4.69, 9.17) is 11.6 Å². The first-order chi connectivity index (χ1) is 8.33. The summed E-state index contributed by atoms with van der Waals surface area (Å²) in [6.45, 7) is 0. The number of hydrogen-bond acceptors (Lipinski definition) is 3. The highest BCUT2D eigenvalue weighted by molar-refractivity contribution is 9.10. The van der Waals surface area contributed by atoms with Gasteiger partial charge < -0.3 is 5.32 Å². The van der Waals surface area contributed by atoms with Gasteiger partial charge in [0.05, 0.1) is 0 Å². The molecule has 0 saturated heterocycles. The largest absolute Gasteiger partial charge is 0.313 e. The molecule has 102 valence electrons. The maximum atomic E-state index is 11.1. The van der Waals surface area contributed by atoms with E-state index in [1.165, 1.54) is 6.26 Å². The van der Waals surface area contributed by atoms with Gasteiger partial charge in [0.25, 0.3) is 0 Å². The summed E-state index contributed by atoms with van der Waals surface area (Å²) >= 11 is 9.38. The molecule has 0 spiro atoms. The second-order valence-corrected chi connectivity index (χ2v) is 7.83. The zero-order valence-corrected chi connectivity index (χ0v) is 13.6. The number of rotatable bonds is 6. The van der Waals surface area contributed by atoms with Crippen LogP contribution in [-0.2, 0) is 9.84 Å². The molecule has 0 saturated carbocycles. The summed E-state index contributed by atoms with van der Waals surface area (Å²) in [6, 6.07) is 5.76. The first-order valence-corrected chi connectivity index (χ1v) is 8.86. The van der Waals surface area contributed by atoms with Crippen molar-refractivity contribution in [1.29, 1.82) is 0 Å². The maximum Gasteiger partial charge on any atom is 0.147 e. The van der Waals surface area contributed by atoms with Crippen molar-refractivity contribution in [2.45, 2.75) is 18.9 Å². The lowest BCUT2D eigenvalue weighted by atomic mass is 10.0. The Morgan fingerprint density at radius 2 is 2.11 bits per heavy atom. The Balaban J connectivity index is 2.71. The molecule has 3 nitrogen and oxygen atoms in total. The lowest BCUT2D eigenvalue weighted by Gasteiger charge is -2.18. The molecule has 1 N–H and O–H groups in total. The minimum Gasteiger partial charge on any atom is -0.313 e. The van der Waals surface area contributed by atoms with Gasteiger partial charge in [0.15, 0.2) is 0 Å². The smallest absolute Gasteiger partial charge is 0.147 e. The van der Waals surface area contributed by atoms with Crippen LogP contribution in [0.4, 0.5) is 0 Å². The van der Waals surface area contributed by atoms with Crippen molar-refractivity contribution in [2.24, 2.45) is 0 Å². The molecule has 0 aromatic heterocycles. The number of hydrogen-bond donors (Lipinski definition) is 1. The van der Waals surface area contributed by atoms with E-state index in [1.54, 1.807) is 0 Å². The molecule has 1 aromatic rings. The first kappa shape index (κ1) is 16.0. The minimum atomic E-state index is -2.89. The Morgan fingerprint density at radius 1 is 1.44 bits per heavy atom. The van der Waals surface area contributed by atoms with Gasteiger partial charge in [0.2, 0.25) is 0 Å². The molecular weight excluding hydrogens is 338 g/mol. The molecule has 0 fully saturated rings. The SMILES string of the molecule is CNC(CCCS(C)(=O)=O)c1ccc(Cl)cc1Br. The molecule has 1 unspecified atom stereocenters. The fraction of sp³-hybridized carbons (Fsp3) is 0.500. The Kier molecular flexibility index (Phi) is 6.11. The number of nitrogens with one attached hydrogen (secondary N) is 1. The van der Waals surface area contributed by atoms with Gasteiger partial charge in [-0.15, -0.1) is 0 Å². The number of halogens is 2. The third-order valence-electron chi connectivity index (χ3n) is 2.69. The minimum absolute atomic E-state index is 0.124. The van der Waals surface area contributed by atoms with Gasteiger partial charge in [-0.25, -0.2) is 8.42 Å². The molecule has 0 aliphatic carbocycles. The van der Waals surface area contributed by atoms with Gasteiger partial charge in [0.1, 0.15) is 9.84 Å². The molecule has 0 heterocycles. The van der Waals surface area contributed by atoms with E-state index >= 15 is 0 Å². The van der Waals surface area contributed by atoms with Crippen molar-refractivity contribution < 1.29 is 8.42 Å². The molecule has 0 aliphatic heterocycles. The van der Waals surface area contributed by atoms with Gasteiger partial charge in [-0.3, -0.25) is 0 Å². The van der Waals surface area contributed by atoms with Crippen molar-refractivity contribution in [3.05, 3.63) is 33.3 Å². The van der Waals surface area contributed by atoms with E-state index in [2.05, 4.69) is 21.2 Å². The highest BCUT2D eigenvalue weighted by Crippen LogP contribution is 2.29. The van der Waals surface area contributed by atoms with Gasteiger partial charge in [-0.2, -0.15) is 0 Å². The Hall–Kier alpha value is -0.100. The Labute approximate surface area is 122 Å². The van der Waals surface area contributed by atoms with Crippen LogP contribution in [0.1, 0.15) is 24.4 Å². The first-order valence-electron chi connectivity index (χ1n) is 5.63. The normalized spacial score (nSPS) is 13.6. The second-order valence-electron chi connectivity index (χ2n) is 4.28. The van der Waals surface area contributed by atoms with Crippen molar-refractivity contribution in [3.63, 3.8) is 0 Å². The van der Waals surface area contributed by atoms with Crippen LogP contribution in [-0.4, -0.2) is 27.5 Å².